The van der Waals surface area contributed by atoms with Crippen molar-refractivity contribution >= 4 is 29.1 Å². The van der Waals surface area contributed by atoms with E-state index in [1.54, 1.807) is 13.8 Å². The number of amides is 2. The second-order valence-electron chi connectivity index (χ2n) is 9.35. The Balaban J connectivity index is 1.46. The predicted octanol–water partition coefficient (Wildman–Crippen LogP) is 3.88. The lowest BCUT2D eigenvalue weighted by atomic mass is 9.72. The first kappa shape index (κ1) is 25.2. The minimum atomic E-state index is -4.84. The topological polar surface area (TPSA) is 120 Å². The first-order valence-electron chi connectivity index (χ1n) is 11.8. The van der Waals surface area contributed by atoms with Crippen LogP contribution in [0.25, 0.3) is 5.82 Å². The van der Waals surface area contributed by atoms with Crippen molar-refractivity contribution in [2.24, 2.45) is 11.8 Å². The summed E-state index contributed by atoms with van der Waals surface area (Å²) in [6.45, 7) is 3.73. The molecule has 14 heteroatoms. The van der Waals surface area contributed by atoms with Crippen LogP contribution in [-0.4, -0.2) is 48.1 Å². The molecule has 0 radical (unpaired) electrons. The van der Waals surface area contributed by atoms with E-state index in [-0.39, 0.29) is 34.3 Å². The van der Waals surface area contributed by atoms with E-state index in [9.17, 15) is 22.8 Å². The highest BCUT2D eigenvalue weighted by Crippen LogP contribution is 2.44. The van der Waals surface area contributed by atoms with Crippen LogP contribution in [-0.2, 0) is 11.0 Å². The molecule has 0 aromatic carbocycles. The number of pyridine rings is 1. The van der Waals surface area contributed by atoms with Crippen LogP contribution in [0.1, 0.15) is 59.2 Å². The highest BCUT2D eigenvalue weighted by Gasteiger charge is 2.46. The zero-order chi connectivity index (χ0) is 26.5. The van der Waals surface area contributed by atoms with E-state index in [4.69, 9.17) is 11.6 Å². The molecule has 1 aliphatic carbocycles. The van der Waals surface area contributed by atoms with E-state index in [0.29, 0.717) is 43.6 Å². The minimum absolute atomic E-state index is 0.104. The fourth-order valence-electron chi connectivity index (χ4n) is 5.29. The molecule has 10 nitrogen and oxygen atoms in total. The zero-order valence-corrected chi connectivity index (χ0v) is 20.8. The summed E-state index contributed by atoms with van der Waals surface area (Å²) in [6.07, 6.45) is -0.168. The van der Waals surface area contributed by atoms with Gasteiger partial charge in [0.05, 0.1) is 46.1 Å². The third-order valence-electron chi connectivity index (χ3n) is 6.95. The number of hydrogen-bond acceptors (Lipinski definition) is 6. The quantitative estimate of drug-likeness (QED) is 0.522. The molecule has 3 unspecified atom stereocenters. The van der Waals surface area contributed by atoms with Crippen LogP contribution in [0.5, 0.6) is 0 Å². The van der Waals surface area contributed by atoms with Gasteiger partial charge in [-0.2, -0.15) is 28.5 Å². The van der Waals surface area contributed by atoms with Crippen molar-refractivity contribution in [3.8, 4) is 5.82 Å². The molecular weight excluding hydrogens is 513 g/mol. The van der Waals surface area contributed by atoms with Crippen LogP contribution in [0.3, 0.4) is 0 Å². The highest BCUT2D eigenvalue weighted by molar-refractivity contribution is 6.32. The summed E-state index contributed by atoms with van der Waals surface area (Å²) < 4.78 is 43.8. The van der Waals surface area contributed by atoms with Crippen molar-refractivity contribution in [3.05, 3.63) is 46.1 Å². The van der Waals surface area contributed by atoms with E-state index >= 15 is 0 Å². The summed E-state index contributed by atoms with van der Waals surface area (Å²) in [5.41, 5.74) is -0.648. The van der Waals surface area contributed by atoms with Gasteiger partial charge in [0.25, 0.3) is 5.91 Å². The van der Waals surface area contributed by atoms with Gasteiger partial charge in [0.1, 0.15) is 0 Å². The van der Waals surface area contributed by atoms with Gasteiger partial charge in [-0.05, 0) is 45.1 Å². The molecule has 4 heterocycles. The van der Waals surface area contributed by atoms with Crippen molar-refractivity contribution in [2.75, 3.05) is 11.9 Å². The zero-order valence-electron chi connectivity index (χ0n) is 20.0. The monoisotopic (exact) mass is 536 g/mol. The highest BCUT2D eigenvalue weighted by atomic mass is 35.5. The fourth-order valence-corrected chi connectivity index (χ4v) is 5.51. The van der Waals surface area contributed by atoms with Crippen LogP contribution in [0.4, 0.5) is 18.9 Å². The summed E-state index contributed by atoms with van der Waals surface area (Å²) in [6, 6.07) is 0.755. The molecule has 1 saturated heterocycles. The predicted molar refractivity (Wildman–Crippen MR) is 126 cm³/mol. The summed E-state index contributed by atoms with van der Waals surface area (Å²) >= 11 is 6.32. The number of aromatic nitrogens is 6. The molecule has 0 spiro atoms. The number of rotatable bonds is 4. The molecule has 1 saturated carbocycles. The van der Waals surface area contributed by atoms with E-state index in [1.807, 2.05) is 0 Å². The Morgan fingerprint density at radius 1 is 1.19 bits per heavy atom. The van der Waals surface area contributed by atoms with Gasteiger partial charge in [-0.3, -0.25) is 14.3 Å². The van der Waals surface area contributed by atoms with E-state index in [1.165, 1.54) is 17.1 Å². The van der Waals surface area contributed by atoms with Crippen molar-refractivity contribution < 1.29 is 22.8 Å². The maximum absolute atomic E-state index is 14.3. The molecule has 3 atom stereocenters. The van der Waals surface area contributed by atoms with Gasteiger partial charge >= 0.3 is 6.18 Å². The minimum Gasteiger partial charge on any atom is -0.356 e. The molecule has 2 aliphatic rings. The molecule has 2 fully saturated rings. The summed E-state index contributed by atoms with van der Waals surface area (Å²) in [7, 11) is 0. The van der Waals surface area contributed by atoms with E-state index in [0.717, 1.165) is 10.9 Å². The molecule has 37 heavy (non-hydrogen) atoms. The van der Waals surface area contributed by atoms with Crippen molar-refractivity contribution in [2.45, 2.75) is 51.7 Å². The van der Waals surface area contributed by atoms with E-state index in [2.05, 4.69) is 30.9 Å². The number of hydrogen-bond donors (Lipinski definition) is 2. The molecule has 2 N–H and O–H groups in total. The summed E-state index contributed by atoms with van der Waals surface area (Å²) in [4.78, 5) is 31.0. The van der Waals surface area contributed by atoms with Crippen LogP contribution >= 0.6 is 11.6 Å². The Bertz CT molecular complexity index is 1370. The number of halogens is 4. The molecular formula is C23H24ClF3N8O2. The number of alkyl halides is 3. The van der Waals surface area contributed by atoms with Gasteiger partial charge in [0.2, 0.25) is 5.91 Å². The number of anilines is 1. The first-order chi connectivity index (χ1) is 17.5. The third-order valence-corrected chi connectivity index (χ3v) is 7.23. The Morgan fingerprint density at radius 3 is 2.68 bits per heavy atom. The molecule has 0 bridgehead atoms. The number of piperidine rings is 1. The fraction of sp³-hybridized carbons (Fsp3) is 0.478. The number of carbonyl (C=O) groups is 2. The Hall–Kier alpha value is -3.48. The van der Waals surface area contributed by atoms with Crippen LogP contribution in [0, 0.1) is 25.7 Å². The molecule has 196 valence electrons. The summed E-state index contributed by atoms with van der Waals surface area (Å²) in [5, 5.41) is 17.6. The van der Waals surface area contributed by atoms with Gasteiger partial charge in [0.15, 0.2) is 11.5 Å². The third kappa shape index (κ3) is 4.67. The average molecular weight is 537 g/mol. The second-order valence-corrected chi connectivity index (χ2v) is 9.76. The van der Waals surface area contributed by atoms with Gasteiger partial charge in [-0.15, -0.1) is 4.80 Å². The SMILES string of the molecule is Cc1cnn(-c2nc(C)c(NC(=O)c3cnn(C4CCCC5C(=O)NCCC54)c3C(F)(F)F)cc2Cl)n1. The van der Waals surface area contributed by atoms with Crippen molar-refractivity contribution in [1.29, 1.82) is 0 Å². The Morgan fingerprint density at radius 2 is 1.97 bits per heavy atom. The number of nitrogens with zero attached hydrogens (tertiary/aromatic N) is 6. The normalized spacial score (nSPS) is 21.9. The molecule has 1 aliphatic heterocycles. The van der Waals surface area contributed by atoms with Crippen molar-refractivity contribution in [3.63, 3.8) is 0 Å². The number of aryl methyl sites for hydroxylation is 2. The van der Waals surface area contributed by atoms with Gasteiger partial charge in [-0.25, -0.2) is 4.98 Å². The maximum Gasteiger partial charge on any atom is 0.433 e. The van der Waals surface area contributed by atoms with Crippen LogP contribution in [0.2, 0.25) is 5.02 Å². The lowest BCUT2D eigenvalue weighted by molar-refractivity contribution is -0.147. The first-order valence-corrected chi connectivity index (χ1v) is 12.2. The van der Waals surface area contributed by atoms with Gasteiger partial charge in [0, 0.05) is 12.5 Å². The van der Waals surface area contributed by atoms with Gasteiger partial charge in [-0.1, -0.05) is 18.0 Å². The molecule has 5 rings (SSSR count). The molecule has 3 aromatic heterocycles. The largest absolute Gasteiger partial charge is 0.433 e. The standard InChI is InChI=1S/C23H24ClF3N8O2/c1-11-9-30-35(33-11)20-16(24)8-17(12(2)31-20)32-22(37)15-10-29-34(19(15)23(25,26)27)18-5-3-4-14-13(18)6-7-28-21(14)36/h8-10,13-14,18H,3-7H2,1-2H3,(H,28,36)(H,32,37). The van der Waals surface area contributed by atoms with E-state index < -0.39 is 29.4 Å². The summed E-state index contributed by atoms with van der Waals surface area (Å²) in [5.74, 6) is -1.55. The van der Waals surface area contributed by atoms with Crippen LogP contribution < -0.4 is 10.6 Å². The second kappa shape index (κ2) is 9.43. The number of carbonyl (C=O) groups excluding carboxylic acids is 2. The Kier molecular flexibility index (Phi) is 6.42. The Labute approximate surface area is 214 Å². The molecule has 2 amide bonds. The smallest absolute Gasteiger partial charge is 0.356 e. The van der Waals surface area contributed by atoms with Crippen LogP contribution in [0.15, 0.2) is 18.5 Å². The molecule has 3 aromatic rings. The average Bonchev–Trinajstić information content (AvgIpc) is 3.48. The van der Waals surface area contributed by atoms with Gasteiger partial charge < -0.3 is 10.6 Å². The number of fused-ring (bicyclic) bond motifs is 1. The van der Waals surface area contributed by atoms with Crippen molar-refractivity contribution in [1.82, 2.24) is 35.1 Å². The lowest BCUT2D eigenvalue weighted by Crippen LogP contribution is -2.47. The number of nitrogens with one attached hydrogen (secondary N) is 2. The maximum atomic E-state index is 14.3. The lowest BCUT2D eigenvalue weighted by Gasteiger charge is -2.41.